The van der Waals surface area contributed by atoms with Crippen molar-refractivity contribution in [2.75, 3.05) is 0 Å². The average Bonchev–Trinajstić information content (AvgIpc) is 3.13. The summed E-state index contributed by atoms with van der Waals surface area (Å²) in [6, 6.07) is 5.30. The Morgan fingerprint density at radius 2 is 2.05 bits per heavy atom. The lowest BCUT2D eigenvalue weighted by Gasteiger charge is -2.06. The third-order valence-corrected chi connectivity index (χ3v) is 3.06. The van der Waals surface area contributed by atoms with Crippen LogP contribution in [0.15, 0.2) is 24.3 Å². The molecule has 2 N–H and O–H groups in total. The molecule has 0 aliphatic heterocycles. The lowest BCUT2D eigenvalue weighted by atomic mass is 10.2. The first-order valence-electron chi connectivity index (χ1n) is 5.83. The van der Waals surface area contributed by atoms with Crippen LogP contribution in [0.5, 0.6) is 0 Å². The number of non-ortho nitro benzene ring substituents is 1. The van der Waals surface area contributed by atoms with Crippen molar-refractivity contribution in [3.63, 3.8) is 0 Å². The van der Waals surface area contributed by atoms with Crippen molar-refractivity contribution < 1.29 is 14.5 Å². The number of hydrogen-bond donors (Lipinski definition) is 2. The van der Waals surface area contributed by atoms with E-state index >= 15 is 0 Å². The number of hydrogen-bond acceptors (Lipinski definition) is 4. The average molecular weight is 263 g/mol. The molecule has 1 saturated carbocycles. The molecule has 1 fully saturated rings. The fraction of sp³-hybridized carbons (Fsp3) is 0.333. The van der Waals surface area contributed by atoms with Gasteiger partial charge < -0.3 is 0 Å². The number of nitro groups is 1. The number of nitro benzene ring substituents is 1. The maximum Gasteiger partial charge on any atom is 0.270 e. The smallest absolute Gasteiger partial charge is 0.270 e. The highest BCUT2D eigenvalue weighted by Gasteiger charge is 2.39. The van der Waals surface area contributed by atoms with E-state index in [1.165, 1.54) is 18.2 Å². The second-order valence-corrected chi connectivity index (χ2v) is 4.57. The van der Waals surface area contributed by atoms with Gasteiger partial charge in [0, 0.05) is 23.6 Å². The zero-order chi connectivity index (χ0) is 14.0. The first-order chi connectivity index (χ1) is 8.99. The maximum absolute atomic E-state index is 11.7. The van der Waals surface area contributed by atoms with E-state index in [4.69, 9.17) is 0 Å². The Labute approximate surface area is 109 Å². The van der Waals surface area contributed by atoms with Crippen LogP contribution in [-0.4, -0.2) is 16.7 Å². The minimum Gasteiger partial charge on any atom is -0.273 e. The molecule has 0 saturated heterocycles. The molecule has 0 bridgehead atoms. The Kier molecular flexibility index (Phi) is 3.46. The molecule has 1 aliphatic rings. The largest absolute Gasteiger partial charge is 0.273 e. The number of rotatable bonds is 3. The van der Waals surface area contributed by atoms with Crippen LogP contribution in [0.2, 0.25) is 0 Å². The Balaban J connectivity index is 1.94. The SMILES string of the molecule is C[C@@H]1C[C@@H]1C(=O)NNC(=O)c1cccc([N+](=O)[O-])c1. The highest BCUT2D eigenvalue weighted by Crippen LogP contribution is 2.37. The van der Waals surface area contributed by atoms with Gasteiger partial charge in [0.1, 0.15) is 0 Å². The first-order valence-corrected chi connectivity index (χ1v) is 5.83. The minimum atomic E-state index is -0.582. The van der Waals surface area contributed by atoms with E-state index in [-0.39, 0.29) is 23.1 Å². The second kappa shape index (κ2) is 5.05. The number of nitrogens with zero attached hydrogens (tertiary/aromatic N) is 1. The van der Waals surface area contributed by atoms with Crippen LogP contribution in [0.4, 0.5) is 5.69 Å². The molecule has 2 rings (SSSR count). The number of amides is 2. The molecule has 1 aromatic carbocycles. The number of carbonyl (C=O) groups excluding carboxylic acids is 2. The third kappa shape index (κ3) is 3.06. The number of benzene rings is 1. The van der Waals surface area contributed by atoms with Gasteiger partial charge in [0.25, 0.3) is 11.6 Å². The van der Waals surface area contributed by atoms with Gasteiger partial charge in [-0.15, -0.1) is 0 Å². The molecule has 100 valence electrons. The molecular weight excluding hydrogens is 250 g/mol. The molecule has 0 unspecified atom stereocenters. The van der Waals surface area contributed by atoms with Crippen molar-refractivity contribution in [2.45, 2.75) is 13.3 Å². The summed E-state index contributed by atoms with van der Waals surface area (Å²) in [6.07, 6.45) is 0.818. The van der Waals surface area contributed by atoms with Gasteiger partial charge in [-0.25, -0.2) is 0 Å². The van der Waals surface area contributed by atoms with Crippen LogP contribution in [-0.2, 0) is 4.79 Å². The predicted molar refractivity (Wildman–Crippen MR) is 66.0 cm³/mol. The maximum atomic E-state index is 11.7. The zero-order valence-corrected chi connectivity index (χ0v) is 10.3. The predicted octanol–water partition coefficient (Wildman–Crippen LogP) is 1.01. The van der Waals surface area contributed by atoms with E-state index in [0.29, 0.717) is 5.92 Å². The van der Waals surface area contributed by atoms with Gasteiger partial charge in [0.2, 0.25) is 5.91 Å². The topological polar surface area (TPSA) is 101 Å². The van der Waals surface area contributed by atoms with Crippen molar-refractivity contribution in [3.05, 3.63) is 39.9 Å². The standard InChI is InChI=1S/C12H13N3O4/c1-7-5-10(7)12(17)14-13-11(16)8-3-2-4-9(6-8)15(18)19/h2-4,6-7,10H,5H2,1H3,(H,13,16)(H,14,17)/t7-,10+/m1/s1. The van der Waals surface area contributed by atoms with Crippen LogP contribution in [0.3, 0.4) is 0 Å². The van der Waals surface area contributed by atoms with Crippen molar-refractivity contribution in [1.82, 2.24) is 10.9 Å². The van der Waals surface area contributed by atoms with Crippen LogP contribution in [0.1, 0.15) is 23.7 Å². The summed E-state index contributed by atoms with van der Waals surface area (Å²) in [5.41, 5.74) is 4.51. The van der Waals surface area contributed by atoms with Gasteiger partial charge >= 0.3 is 0 Å². The summed E-state index contributed by atoms with van der Waals surface area (Å²) in [6.45, 7) is 1.95. The van der Waals surface area contributed by atoms with Gasteiger partial charge in [0.05, 0.1) is 4.92 Å². The molecule has 0 heterocycles. The number of nitrogens with one attached hydrogen (secondary N) is 2. The molecule has 2 amide bonds. The highest BCUT2D eigenvalue weighted by atomic mass is 16.6. The van der Waals surface area contributed by atoms with E-state index in [9.17, 15) is 19.7 Å². The molecular formula is C12H13N3O4. The number of carbonyl (C=O) groups is 2. The van der Waals surface area contributed by atoms with E-state index in [1.54, 1.807) is 0 Å². The summed E-state index contributed by atoms with van der Waals surface area (Å²) in [5, 5.41) is 10.6. The Bertz CT molecular complexity index is 544. The van der Waals surface area contributed by atoms with Crippen LogP contribution in [0, 0.1) is 22.0 Å². The highest BCUT2D eigenvalue weighted by molar-refractivity contribution is 5.96. The van der Waals surface area contributed by atoms with Crippen LogP contribution >= 0.6 is 0 Å². The lowest BCUT2D eigenvalue weighted by Crippen LogP contribution is -2.42. The first kappa shape index (κ1) is 13.0. The molecule has 1 aliphatic carbocycles. The molecule has 0 aromatic heterocycles. The molecule has 7 heteroatoms. The van der Waals surface area contributed by atoms with Gasteiger partial charge in [0.15, 0.2) is 0 Å². The molecule has 0 radical (unpaired) electrons. The summed E-state index contributed by atoms with van der Waals surface area (Å²) in [7, 11) is 0. The molecule has 0 spiro atoms. The summed E-state index contributed by atoms with van der Waals surface area (Å²) in [4.78, 5) is 33.2. The third-order valence-electron chi connectivity index (χ3n) is 3.06. The van der Waals surface area contributed by atoms with E-state index in [2.05, 4.69) is 10.9 Å². The molecule has 19 heavy (non-hydrogen) atoms. The zero-order valence-electron chi connectivity index (χ0n) is 10.3. The van der Waals surface area contributed by atoms with Gasteiger partial charge in [-0.05, 0) is 18.4 Å². The Morgan fingerprint density at radius 3 is 2.63 bits per heavy atom. The van der Waals surface area contributed by atoms with Crippen molar-refractivity contribution in [1.29, 1.82) is 0 Å². The van der Waals surface area contributed by atoms with Crippen molar-refractivity contribution >= 4 is 17.5 Å². The van der Waals surface area contributed by atoms with Crippen LogP contribution < -0.4 is 10.9 Å². The van der Waals surface area contributed by atoms with Crippen molar-refractivity contribution in [3.8, 4) is 0 Å². The van der Waals surface area contributed by atoms with Crippen LogP contribution in [0.25, 0.3) is 0 Å². The van der Waals surface area contributed by atoms with Gasteiger partial charge in [-0.2, -0.15) is 0 Å². The van der Waals surface area contributed by atoms with E-state index in [0.717, 1.165) is 12.5 Å². The molecule has 1 aromatic rings. The summed E-state index contributed by atoms with van der Waals surface area (Å²) < 4.78 is 0. The quantitative estimate of drug-likeness (QED) is 0.627. The van der Waals surface area contributed by atoms with Crippen molar-refractivity contribution in [2.24, 2.45) is 11.8 Å². The van der Waals surface area contributed by atoms with E-state index in [1.807, 2.05) is 6.92 Å². The minimum absolute atomic E-state index is 0.0505. The van der Waals surface area contributed by atoms with E-state index < -0.39 is 10.8 Å². The normalized spacial score (nSPS) is 20.5. The monoisotopic (exact) mass is 263 g/mol. The Hall–Kier alpha value is -2.44. The molecule has 7 nitrogen and oxygen atoms in total. The Morgan fingerprint density at radius 1 is 1.37 bits per heavy atom. The van der Waals surface area contributed by atoms with Gasteiger partial charge in [-0.3, -0.25) is 30.6 Å². The van der Waals surface area contributed by atoms with Gasteiger partial charge in [-0.1, -0.05) is 13.0 Å². The number of hydrazine groups is 1. The summed E-state index contributed by atoms with van der Waals surface area (Å²) >= 11 is 0. The lowest BCUT2D eigenvalue weighted by molar-refractivity contribution is -0.384. The second-order valence-electron chi connectivity index (χ2n) is 4.57. The molecule has 2 atom stereocenters. The fourth-order valence-corrected chi connectivity index (χ4v) is 1.73. The summed E-state index contributed by atoms with van der Waals surface area (Å²) in [5.74, 6) is -0.517. The fourth-order valence-electron chi connectivity index (χ4n) is 1.73.